The molecule has 1 amide bonds. The minimum atomic E-state index is -0.354. The van der Waals surface area contributed by atoms with Crippen molar-refractivity contribution < 1.29 is 13.9 Å². The number of rotatable bonds is 7. The Kier molecular flexibility index (Phi) is 5.81. The van der Waals surface area contributed by atoms with Gasteiger partial charge in [-0.1, -0.05) is 18.2 Å². The van der Waals surface area contributed by atoms with Crippen LogP contribution in [0.4, 0.5) is 0 Å². The van der Waals surface area contributed by atoms with Crippen molar-refractivity contribution in [3.8, 4) is 17.7 Å². The van der Waals surface area contributed by atoms with Crippen LogP contribution in [0.1, 0.15) is 32.8 Å². The Morgan fingerprint density at radius 3 is 2.61 bits per heavy atom. The van der Waals surface area contributed by atoms with Crippen LogP contribution < -0.4 is 10.1 Å². The molecule has 154 valence electrons. The lowest BCUT2D eigenvalue weighted by Crippen LogP contribution is -2.23. The normalized spacial score (nSPS) is 10.5. The summed E-state index contributed by atoms with van der Waals surface area (Å²) in [5.41, 5.74) is 2.36. The van der Waals surface area contributed by atoms with Crippen molar-refractivity contribution in [2.75, 3.05) is 0 Å². The molecule has 1 aromatic carbocycles. The van der Waals surface area contributed by atoms with E-state index in [1.165, 1.54) is 0 Å². The number of carbonyl (C=O) groups excluding carboxylic acids is 1. The summed E-state index contributed by atoms with van der Waals surface area (Å²) in [6.45, 7) is 2.43. The van der Waals surface area contributed by atoms with Gasteiger partial charge in [0, 0.05) is 36.9 Å². The zero-order valence-corrected chi connectivity index (χ0v) is 16.9. The molecule has 0 spiro atoms. The lowest BCUT2D eigenvalue weighted by molar-refractivity contribution is 0.0949. The smallest absolute Gasteiger partial charge is 0.256 e. The van der Waals surface area contributed by atoms with E-state index in [4.69, 9.17) is 9.15 Å². The van der Waals surface area contributed by atoms with Crippen molar-refractivity contribution in [3.63, 3.8) is 0 Å². The first-order valence-electron chi connectivity index (χ1n) is 9.71. The van der Waals surface area contributed by atoms with Crippen molar-refractivity contribution in [1.29, 1.82) is 5.26 Å². The topological polar surface area (TPSA) is 93.1 Å². The minimum absolute atomic E-state index is 0.213. The SMILES string of the molecule is Cc1oc(-n2cccc2)c(C#N)c1C(=O)NCc1ccc(OCc2cccnc2)cc1. The lowest BCUT2D eigenvalue weighted by Gasteiger charge is -2.08. The number of pyridine rings is 1. The summed E-state index contributed by atoms with van der Waals surface area (Å²) in [5, 5.41) is 12.4. The molecule has 0 fully saturated rings. The van der Waals surface area contributed by atoms with Gasteiger partial charge in [-0.05, 0) is 42.8 Å². The van der Waals surface area contributed by atoms with Gasteiger partial charge in [0.15, 0.2) is 0 Å². The van der Waals surface area contributed by atoms with Gasteiger partial charge < -0.3 is 14.5 Å². The van der Waals surface area contributed by atoms with Gasteiger partial charge in [0.05, 0.1) is 0 Å². The fourth-order valence-corrected chi connectivity index (χ4v) is 3.18. The summed E-state index contributed by atoms with van der Waals surface area (Å²) in [6, 6.07) is 17.0. The Labute approximate surface area is 179 Å². The van der Waals surface area contributed by atoms with Crippen LogP contribution in [0, 0.1) is 18.3 Å². The molecule has 0 aliphatic carbocycles. The third kappa shape index (κ3) is 4.49. The molecule has 0 unspecified atom stereocenters. The Hall–Kier alpha value is -4.31. The van der Waals surface area contributed by atoms with Crippen molar-refractivity contribution in [3.05, 3.63) is 101 Å². The Bertz CT molecular complexity index is 1200. The summed E-state index contributed by atoms with van der Waals surface area (Å²) in [5.74, 6) is 1.11. The second-order valence-corrected chi connectivity index (χ2v) is 6.89. The van der Waals surface area contributed by atoms with Gasteiger partial charge in [-0.15, -0.1) is 0 Å². The van der Waals surface area contributed by atoms with Crippen molar-refractivity contribution >= 4 is 5.91 Å². The van der Waals surface area contributed by atoms with Crippen molar-refractivity contribution in [2.24, 2.45) is 0 Å². The number of ether oxygens (including phenoxy) is 1. The fourth-order valence-electron chi connectivity index (χ4n) is 3.18. The molecule has 0 aliphatic heterocycles. The summed E-state index contributed by atoms with van der Waals surface area (Å²) in [6.07, 6.45) is 7.01. The molecular weight excluding hydrogens is 392 g/mol. The summed E-state index contributed by atoms with van der Waals surface area (Å²) >= 11 is 0. The number of benzene rings is 1. The van der Waals surface area contributed by atoms with Gasteiger partial charge in [-0.2, -0.15) is 5.26 Å². The molecule has 7 nitrogen and oxygen atoms in total. The highest BCUT2D eigenvalue weighted by Crippen LogP contribution is 2.25. The number of hydrogen-bond acceptors (Lipinski definition) is 5. The number of furan rings is 1. The first-order valence-corrected chi connectivity index (χ1v) is 9.71. The number of aromatic nitrogens is 2. The predicted molar refractivity (Wildman–Crippen MR) is 114 cm³/mol. The highest BCUT2D eigenvalue weighted by Gasteiger charge is 2.24. The van der Waals surface area contributed by atoms with Gasteiger partial charge in [0.2, 0.25) is 5.88 Å². The van der Waals surface area contributed by atoms with Crippen LogP contribution >= 0.6 is 0 Å². The maximum absolute atomic E-state index is 12.8. The molecule has 7 heteroatoms. The van der Waals surface area contributed by atoms with Crippen LogP contribution in [0.2, 0.25) is 0 Å². The minimum Gasteiger partial charge on any atom is -0.489 e. The van der Waals surface area contributed by atoms with Crippen LogP contribution in [0.15, 0.2) is 77.7 Å². The number of carbonyl (C=O) groups is 1. The van der Waals surface area contributed by atoms with Crippen LogP contribution in [-0.4, -0.2) is 15.5 Å². The second-order valence-electron chi connectivity index (χ2n) is 6.89. The van der Waals surface area contributed by atoms with Crippen LogP contribution in [0.3, 0.4) is 0 Å². The maximum Gasteiger partial charge on any atom is 0.256 e. The molecule has 3 aromatic heterocycles. The summed E-state index contributed by atoms with van der Waals surface area (Å²) in [7, 11) is 0. The highest BCUT2D eigenvalue weighted by molar-refractivity contribution is 5.98. The van der Waals surface area contributed by atoms with Crippen LogP contribution in [0.25, 0.3) is 5.88 Å². The molecule has 4 rings (SSSR count). The molecule has 31 heavy (non-hydrogen) atoms. The van der Waals surface area contributed by atoms with Gasteiger partial charge >= 0.3 is 0 Å². The number of nitriles is 1. The number of amides is 1. The average molecular weight is 412 g/mol. The molecule has 0 atom stereocenters. The summed E-state index contributed by atoms with van der Waals surface area (Å²) in [4.78, 5) is 16.8. The molecule has 0 saturated heterocycles. The lowest BCUT2D eigenvalue weighted by atomic mass is 10.1. The monoisotopic (exact) mass is 412 g/mol. The third-order valence-electron chi connectivity index (χ3n) is 4.75. The fraction of sp³-hybridized carbons (Fsp3) is 0.125. The van der Waals surface area contributed by atoms with Crippen molar-refractivity contribution in [1.82, 2.24) is 14.9 Å². The standard InChI is InChI=1S/C24H20N4O3/c1-17-22(21(13-25)24(31-17)28-11-2-3-12-28)23(29)27-15-18-6-8-20(9-7-18)30-16-19-5-4-10-26-14-19/h2-12,14H,15-16H2,1H3,(H,27,29). The van der Waals surface area contributed by atoms with Gasteiger partial charge in [0.25, 0.3) is 5.91 Å². The van der Waals surface area contributed by atoms with Crippen LogP contribution in [0.5, 0.6) is 5.75 Å². The van der Waals surface area contributed by atoms with Gasteiger partial charge in [-0.25, -0.2) is 0 Å². The molecule has 3 heterocycles. The molecule has 0 aliphatic rings. The van der Waals surface area contributed by atoms with E-state index < -0.39 is 0 Å². The number of nitrogens with zero attached hydrogens (tertiary/aromatic N) is 3. The first-order chi connectivity index (χ1) is 15.2. The van der Waals surface area contributed by atoms with Gasteiger partial charge in [-0.3, -0.25) is 14.3 Å². The van der Waals surface area contributed by atoms with Crippen LogP contribution in [-0.2, 0) is 13.2 Å². The molecule has 0 bridgehead atoms. The predicted octanol–water partition coefficient (Wildman–Crippen LogP) is 4.15. The van der Waals surface area contributed by atoms with E-state index in [-0.39, 0.29) is 17.0 Å². The van der Waals surface area contributed by atoms with E-state index in [0.717, 1.165) is 16.9 Å². The highest BCUT2D eigenvalue weighted by atomic mass is 16.5. The molecular formula is C24H20N4O3. The molecule has 4 aromatic rings. The number of aryl methyl sites for hydroxylation is 1. The largest absolute Gasteiger partial charge is 0.489 e. The Morgan fingerprint density at radius 1 is 1.16 bits per heavy atom. The van der Waals surface area contributed by atoms with E-state index in [2.05, 4.69) is 16.4 Å². The maximum atomic E-state index is 12.8. The molecule has 1 N–H and O–H groups in total. The zero-order chi connectivity index (χ0) is 21.6. The van der Waals surface area contributed by atoms with E-state index in [0.29, 0.717) is 24.8 Å². The van der Waals surface area contributed by atoms with E-state index >= 15 is 0 Å². The van der Waals surface area contributed by atoms with Gasteiger partial charge in [0.1, 0.15) is 35.3 Å². The number of nitrogens with one attached hydrogen (secondary N) is 1. The Morgan fingerprint density at radius 2 is 1.94 bits per heavy atom. The zero-order valence-electron chi connectivity index (χ0n) is 16.9. The average Bonchev–Trinajstić information content (AvgIpc) is 3.45. The van der Waals surface area contributed by atoms with E-state index in [1.807, 2.05) is 48.5 Å². The molecule has 0 radical (unpaired) electrons. The molecule has 0 saturated carbocycles. The quantitative estimate of drug-likeness (QED) is 0.492. The van der Waals surface area contributed by atoms with E-state index in [1.54, 1.807) is 36.3 Å². The first kappa shape index (κ1) is 20.0. The second kappa shape index (κ2) is 9.01. The van der Waals surface area contributed by atoms with Crippen molar-refractivity contribution in [2.45, 2.75) is 20.1 Å². The summed E-state index contributed by atoms with van der Waals surface area (Å²) < 4.78 is 13.1. The third-order valence-corrected chi connectivity index (χ3v) is 4.75. The number of hydrogen-bond donors (Lipinski definition) is 1. The van der Waals surface area contributed by atoms with E-state index in [9.17, 15) is 10.1 Å². The Balaban J connectivity index is 1.39.